The monoisotopic (exact) mass is 397 g/mol. The fourth-order valence-corrected chi connectivity index (χ4v) is 5.28. The molecule has 1 aliphatic heterocycles. The molecule has 0 saturated carbocycles. The molecule has 2 aromatic heterocycles. The summed E-state index contributed by atoms with van der Waals surface area (Å²) in [5, 5.41) is 0.756. The van der Waals surface area contributed by atoms with Gasteiger partial charge in [-0.05, 0) is 57.6 Å². The molecule has 0 spiro atoms. The second-order valence-corrected chi connectivity index (χ2v) is 8.74. The van der Waals surface area contributed by atoms with Crippen molar-refractivity contribution in [1.82, 2.24) is 14.5 Å². The summed E-state index contributed by atoms with van der Waals surface area (Å²) in [6.45, 7) is 6.20. The maximum atomic E-state index is 13.7. The average Bonchev–Trinajstić information content (AvgIpc) is 3.05. The molecule has 4 rings (SSSR count). The van der Waals surface area contributed by atoms with E-state index in [2.05, 4.69) is 25.8 Å². The largest absolute Gasteiger partial charge is 0.497 e. The van der Waals surface area contributed by atoms with E-state index in [1.165, 1.54) is 0 Å². The van der Waals surface area contributed by atoms with Crippen LogP contribution in [0, 0.1) is 6.92 Å². The fraction of sp³-hybridized carbons (Fsp3) is 0.455. The number of aromatic nitrogens is 2. The van der Waals surface area contributed by atoms with E-state index in [1.807, 2.05) is 28.8 Å². The number of ether oxygens (including phenoxy) is 1. The van der Waals surface area contributed by atoms with E-state index in [-0.39, 0.29) is 11.6 Å². The van der Waals surface area contributed by atoms with Crippen LogP contribution >= 0.6 is 11.3 Å². The molecule has 1 aliphatic rings. The summed E-state index contributed by atoms with van der Waals surface area (Å²) in [4.78, 5) is 23.0. The number of hydrogen-bond acceptors (Lipinski definition) is 5. The first-order valence-corrected chi connectivity index (χ1v) is 10.7. The second kappa shape index (κ2) is 7.68. The van der Waals surface area contributed by atoms with E-state index in [1.54, 1.807) is 18.4 Å². The molecule has 148 valence electrons. The number of piperidine rings is 1. The van der Waals surface area contributed by atoms with Crippen LogP contribution in [0.2, 0.25) is 0 Å². The first kappa shape index (κ1) is 19.2. The van der Waals surface area contributed by atoms with Crippen LogP contribution in [0.3, 0.4) is 0 Å². The number of thiophene rings is 1. The van der Waals surface area contributed by atoms with Crippen molar-refractivity contribution in [2.45, 2.75) is 39.2 Å². The van der Waals surface area contributed by atoms with E-state index in [9.17, 15) is 4.79 Å². The normalized spacial score (nSPS) is 16.0. The molecule has 0 N–H and O–H groups in total. The molecule has 6 heteroatoms. The molecule has 28 heavy (non-hydrogen) atoms. The number of nitrogens with zero attached hydrogens (tertiary/aromatic N) is 3. The number of likely N-dealkylation sites (tertiary alicyclic amines) is 1. The van der Waals surface area contributed by atoms with E-state index >= 15 is 0 Å². The lowest BCUT2D eigenvalue weighted by atomic mass is 10.0. The molecular weight excluding hydrogens is 370 g/mol. The van der Waals surface area contributed by atoms with Crippen molar-refractivity contribution in [2.75, 3.05) is 27.2 Å². The highest BCUT2D eigenvalue weighted by Gasteiger charge is 2.25. The quantitative estimate of drug-likeness (QED) is 0.660. The minimum atomic E-state index is 0.110. The summed E-state index contributed by atoms with van der Waals surface area (Å²) in [6, 6.07) is 8.18. The van der Waals surface area contributed by atoms with Crippen LogP contribution in [-0.2, 0) is 6.42 Å². The highest BCUT2D eigenvalue weighted by Crippen LogP contribution is 2.37. The zero-order chi connectivity index (χ0) is 19.8. The summed E-state index contributed by atoms with van der Waals surface area (Å²) in [7, 11) is 3.81. The molecular formula is C22H27N3O2S. The van der Waals surface area contributed by atoms with Crippen LogP contribution in [-0.4, -0.2) is 41.7 Å². The molecule has 1 aromatic carbocycles. The summed E-state index contributed by atoms with van der Waals surface area (Å²) in [6.07, 6.45) is 2.76. The zero-order valence-corrected chi connectivity index (χ0v) is 17.8. The van der Waals surface area contributed by atoms with Gasteiger partial charge in [-0.25, -0.2) is 4.98 Å². The molecule has 0 amide bonds. The molecule has 0 bridgehead atoms. The third-order valence-electron chi connectivity index (χ3n) is 5.73. The summed E-state index contributed by atoms with van der Waals surface area (Å²) >= 11 is 1.61. The minimum absolute atomic E-state index is 0.110. The topological polar surface area (TPSA) is 47.4 Å². The molecule has 0 atom stereocenters. The van der Waals surface area contributed by atoms with Crippen molar-refractivity contribution in [3.8, 4) is 16.9 Å². The number of methoxy groups -OCH3 is 1. The average molecular weight is 398 g/mol. The van der Waals surface area contributed by atoms with Gasteiger partial charge in [0.05, 0.1) is 12.5 Å². The summed E-state index contributed by atoms with van der Waals surface area (Å²) < 4.78 is 7.39. The Hall–Kier alpha value is -2.18. The van der Waals surface area contributed by atoms with Crippen LogP contribution in [0.25, 0.3) is 21.3 Å². The van der Waals surface area contributed by atoms with Gasteiger partial charge in [0.15, 0.2) is 0 Å². The molecule has 0 radical (unpaired) electrons. The minimum Gasteiger partial charge on any atom is -0.497 e. The van der Waals surface area contributed by atoms with Crippen molar-refractivity contribution < 1.29 is 4.74 Å². The SMILES string of the molecule is CCc1nc2sc(C)c(-c3cccc(OC)c3)c2c(=O)n1C1CCN(C)CC1. The van der Waals surface area contributed by atoms with Gasteiger partial charge < -0.3 is 9.64 Å². The molecule has 1 saturated heterocycles. The molecule has 1 fully saturated rings. The molecule has 3 aromatic rings. The first-order chi connectivity index (χ1) is 13.5. The third kappa shape index (κ3) is 3.25. The summed E-state index contributed by atoms with van der Waals surface area (Å²) in [5.74, 6) is 1.70. The number of hydrogen-bond donors (Lipinski definition) is 0. The maximum absolute atomic E-state index is 13.7. The van der Waals surface area contributed by atoms with Crippen LogP contribution < -0.4 is 10.3 Å². The van der Waals surface area contributed by atoms with Crippen LogP contribution in [0.5, 0.6) is 5.75 Å². The van der Waals surface area contributed by atoms with Gasteiger partial charge in [-0.3, -0.25) is 9.36 Å². The molecule has 5 nitrogen and oxygen atoms in total. The number of rotatable bonds is 4. The maximum Gasteiger partial charge on any atom is 0.263 e. The van der Waals surface area contributed by atoms with Crippen molar-refractivity contribution in [2.24, 2.45) is 0 Å². The Morgan fingerprint density at radius 2 is 2.04 bits per heavy atom. The smallest absolute Gasteiger partial charge is 0.263 e. The Bertz CT molecular complexity index is 1060. The Morgan fingerprint density at radius 3 is 2.71 bits per heavy atom. The van der Waals surface area contributed by atoms with Crippen LogP contribution in [0.15, 0.2) is 29.1 Å². The Balaban J connectivity index is 1.94. The van der Waals surface area contributed by atoms with Gasteiger partial charge in [-0.15, -0.1) is 11.3 Å². The molecule has 0 aliphatic carbocycles. The number of fused-ring (bicyclic) bond motifs is 1. The third-order valence-corrected chi connectivity index (χ3v) is 6.73. The van der Waals surface area contributed by atoms with Crippen LogP contribution in [0.4, 0.5) is 0 Å². The standard InChI is InChI=1S/C22H27N3O2S/c1-5-18-23-21-20(22(26)25(18)16-9-11-24(3)12-10-16)19(14(2)28-21)15-7-6-8-17(13-15)27-4/h6-8,13,16H,5,9-12H2,1-4H3. The van der Waals surface area contributed by atoms with E-state index in [0.717, 1.165) is 70.1 Å². The second-order valence-electron chi connectivity index (χ2n) is 7.54. The van der Waals surface area contributed by atoms with Crippen LogP contribution in [0.1, 0.15) is 36.5 Å². The van der Waals surface area contributed by atoms with Crippen molar-refractivity contribution in [3.63, 3.8) is 0 Å². The number of aryl methyl sites for hydroxylation is 2. The van der Waals surface area contributed by atoms with Gasteiger partial charge in [-0.1, -0.05) is 19.1 Å². The molecule has 3 heterocycles. The predicted octanol–water partition coefficient (Wildman–Crippen LogP) is 4.27. The van der Waals surface area contributed by atoms with E-state index in [4.69, 9.17) is 9.72 Å². The highest BCUT2D eigenvalue weighted by atomic mass is 32.1. The lowest BCUT2D eigenvalue weighted by Crippen LogP contribution is -2.37. The van der Waals surface area contributed by atoms with E-state index in [0.29, 0.717) is 0 Å². The highest BCUT2D eigenvalue weighted by molar-refractivity contribution is 7.19. The fourth-order valence-electron chi connectivity index (χ4n) is 4.22. The Morgan fingerprint density at radius 1 is 1.29 bits per heavy atom. The number of benzene rings is 1. The first-order valence-electron chi connectivity index (χ1n) is 9.91. The van der Waals surface area contributed by atoms with Gasteiger partial charge in [0.1, 0.15) is 16.4 Å². The van der Waals surface area contributed by atoms with Crippen molar-refractivity contribution in [3.05, 3.63) is 45.3 Å². The Labute approximate surface area is 169 Å². The molecule has 0 unspecified atom stereocenters. The van der Waals surface area contributed by atoms with Gasteiger partial charge in [0, 0.05) is 22.9 Å². The zero-order valence-electron chi connectivity index (χ0n) is 17.0. The van der Waals surface area contributed by atoms with Gasteiger partial charge in [0.25, 0.3) is 5.56 Å². The van der Waals surface area contributed by atoms with Gasteiger partial charge >= 0.3 is 0 Å². The predicted molar refractivity (Wildman–Crippen MR) is 116 cm³/mol. The van der Waals surface area contributed by atoms with Crippen molar-refractivity contribution in [1.29, 1.82) is 0 Å². The Kier molecular flexibility index (Phi) is 5.25. The lowest BCUT2D eigenvalue weighted by molar-refractivity contribution is 0.216. The summed E-state index contributed by atoms with van der Waals surface area (Å²) in [5.41, 5.74) is 2.13. The van der Waals surface area contributed by atoms with Gasteiger partial charge in [-0.2, -0.15) is 0 Å². The lowest BCUT2D eigenvalue weighted by Gasteiger charge is -2.31. The van der Waals surface area contributed by atoms with E-state index < -0.39 is 0 Å². The van der Waals surface area contributed by atoms with Crippen molar-refractivity contribution >= 4 is 21.6 Å². The van der Waals surface area contributed by atoms with Gasteiger partial charge in [0.2, 0.25) is 0 Å².